The first-order valence-electron chi connectivity index (χ1n) is 7.46. The molecule has 2 amide bonds. The summed E-state index contributed by atoms with van der Waals surface area (Å²) in [6, 6.07) is 0. The van der Waals surface area contributed by atoms with Crippen LogP contribution in [-0.2, 0) is 14.3 Å². The van der Waals surface area contributed by atoms with E-state index in [1.165, 1.54) is 0 Å². The maximum Gasteiger partial charge on any atom is 0.220 e. The Morgan fingerprint density at radius 3 is 2.10 bits per heavy atom. The fraction of sp³-hybridized carbons (Fsp3) is 0.857. The average molecular weight is 287 g/mol. The minimum Gasteiger partial charge on any atom is -0.378 e. The standard InChI is InChI=1S/C14H29N3O3/c1-3-4-5-8-16-13(18)6-7-14(19)17-10-12-20-11-9-15-2/h15H,3-12H2,1-2H3,(H,16,18)(H,17,19). The molecular formula is C14H29N3O3. The second-order valence-electron chi connectivity index (χ2n) is 4.62. The maximum atomic E-state index is 11.5. The van der Waals surface area contributed by atoms with Crippen molar-refractivity contribution in [1.29, 1.82) is 0 Å². The third-order valence-electron chi connectivity index (χ3n) is 2.75. The third-order valence-corrected chi connectivity index (χ3v) is 2.75. The summed E-state index contributed by atoms with van der Waals surface area (Å²) in [5, 5.41) is 8.51. The molecule has 0 heterocycles. The van der Waals surface area contributed by atoms with Crippen LogP contribution in [0.2, 0.25) is 0 Å². The number of likely N-dealkylation sites (N-methyl/N-ethyl adjacent to an activating group) is 1. The van der Waals surface area contributed by atoms with E-state index in [0.29, 0.717) is 26.3 Å². The molecule has 0 aromatic rings. The molecule has 0 aliphatic carbocycles. The first kappa shape index (κ1) is 18.9. The molecule has 0 aromatic heterocycles. The fourth-order valence-corrected chi connectivity index (χ4v) is 1.55. The summed E-state index contributed by atoms with van der Waals surface area (Å²) in [4.78, 5) is 22.9. The molecule has 0 saturated carbocycles. The quantitative estimate of drug-likeness (QED) is 0.429. The smallest absolute Gasteiger partial charge is 0.220 e. The van der Waals surface area contributed by atoms with E-state index in [0.717, 1.165) is 25.8 Å². The minimum atomic E-state index is -0.106. The first-order valence-corrected chi connectivity index (χ1v) is 7.46. The van der Waals surface area contributed by atoms with Crippen molar-refractivity contribution in [2.45, 2.75) is 39.0 Å². The fourth-order valence-electron chi connectivity index (χ4n) is 1.55. The molecule has 0 unspecified atom stereocenters. The van der Waals surface area contributed by atoms with Gasteiger partial charge in [-0.05, 0) is 13.5 Å². The number of carbonyl (C=O) groups is 2. The van der Waals surface area contributed by atoms with Crippen LogP contribution in [0.3, 0.4) is 0 Å². The minimum absolute atomic E-state index is 0.0541. The van der Waals surface area contributed by atoms with Gasteiger partial charge < -0.3 is 20.7 Å². The van der Waals surface area contributed by atoms with Gasteiger partial charge in [0.05, 0.1) is 13.2 Å². The van der Waals surface area contributed by atoms with Gasteiger partial charge in [0.25, 0.3) is 0 Å². The van der Waals surface area contributed by atoms with Crippen LogP contribution in [0, 0.1) is 0 Å². The van der Waals surface area contributed by atoms with Gasteiger partial charge in [0.15, 0.2) is 0 Å². The predicted molar refractivity (Wildman–Crippen MR) is 79.5 cm³/mol. The van der Waals surface area contributed by atoms with Gasteiger partial charge >= 0.3 is 0 Å². The topological polar surface area (TPSA) is 79.5 Å². The monoisotopic (exact) mass is 287 g/mol. The van der Waals surface area contributed by atoms with Gasteiger partial charge in [0, 0.05) is 32.5 Å². The molecule has 118 valence electrons. The van der Waals surface area contributed by atoms with Gasteiger partial charge in [-0.2, -0.15) is 0 Å². The van der Waals surface area contributed by atoms with E-state index in [4.69, 9.17) is 4.74 Å². The van der Waals surface area contributed by atoms with Gasteiger partial charge in [0.1, 0.15) is 0 Å². The molecule has 6 nitrogen and oxygen atoms in total. The second-order valence-corrected chi connectivity index (χ2v) is 4.62. The lowest BCUT2D eigenvalue weighted by Gasteiger charge is -2.07. The highest BCUT2D eigenvalue weighted by molar-refractivity contribution is 5.83. The Morgan fingerprint density at radius 2 is 1.50 bits per heavy atom. The van der Waals surface area contributed by atoms with Crippen LogP contribution in [0.25, 0.3) is 0 Å². The van der Waals surface area contributed by atoms with Crippen molar-refractivity contribution in [3.8, 4) is 0 Å². The number of hydrogen-bond donors (Lipinski definition) is 3. The zero-order valence-electron chi connectivity index (χ0n) is 12.8. The highest BCUT2D eigenvalue weighted by Gasteiger charge is 2.05. The van der Waals surface area contributed by atoms with Crippen molar-refractivity contribution in [3.63, 3.8) is 0 Å². The summed E-state index contributed by atoms with van der Waals surface area (Å²) in [5.41, 5.74) is 0. The summed E-state index contributed by atoms with van der Waals surface area (Å²) >= 11 is 0. The van der Waals surface area contributed by atoms with E-state index in [2.05, 4.69) is 22.9 Å². The summed E-state index contributed by atoms with van der Waals surface area (Å²) < 4.78 is 5.27. The van der Waals surface area contributed by atoms with Gasteiger partial charge in [-0.3, -0.25) is 9.59 Å². The maximum absolute atomic E-state index is 11.5. The van der Waals surface area contributed by atoms with Crippen molar-refractivity contribution in [1.82, 2.24) is 16.0 Å². The van der Waals surface area contributed by atoms with Gasteiger partial charge in [-0.15, -0.1) is 0 Å². The molecule has 0 rings (SSSR count). The normalized spacial score (nSPS) is 10.3. The summed E-state index contributed by atoms with van der Waals surface area (Å²) in [7, 11) is 1.86. The van der Waals surface area contributed by atoms with Crippen LogP contribution >= 0.6 is 0 Å². The Hall–Kier alpha value is -1.14. The molecule has 0 atom stereocenters. The zero-order chi connectivity index (χ0) is 15.1. The molecule has 0 aromatic carbocycles. The van der Waals surface area contributed by atoms with Crippen LogP contribution in [0.5, 0.6) is 0 Å². The Bertz CT molecular complexity index is 260. The first-order chi connectivity index (χ1) is 9.70. The van der Waals surface area contributed by atoms with Crippen molar-refractivity contribution in [3.05, 3.63) is 0 Å². The highest BCUT2D eigenvalue weighted by Crippen LogP contribution is 1.93. The molecule has 0 saturated heterocycles. The Balaban J connectivity index is 3.36. The van der Waals surface area contributed by atoms with Crippen LogP contribution in [0.1, 0.15) is 39.0 Å². The van der Waals surface area contributed by atoms with Crippen molar-refractivity contribution >= 4 is 11.8 Å². The van der Waals surface area contributed by atoms with Gasteiger partial charge in [-0.25, -0.2) is 0 Å². The van der Waals surface area contributed by atoms with Gasteiger partial charge in [-0.1, -0.05) is 19.8 Å². The van der Waals surface area contributed by atoms with E-state index >= 15 is 0 Å². The number of hydrogen-bond acceptors (Lipinski definition) is 4. The summed E-state index contributed by atoms with van der Waals surface area (Å²) in [6.45, 7) is 5.23. The summed E-state index contributed by atoms with van der Waals surface area (Å²) in [6.07, 6.45) is 3.73. The van der Waals surface area contributed by atoms with Crippen LogP contribution in [-0.4, -0.2) is 51.7 Å². The highest BCUT2D eigenvalue weighted by atomic mass is 16.5. The molecule has 0 aliphatic heterocycles. The molecular weight excluding hydrogens is 258 g/mol. The van der Waals surface area contributed by atoms with E-state index in [1.54, 1.807) is 0 Å². The lowest BCUT2D eigenvalue weighted by molar-refractivity contribution is -0.126. The largest absolute Gasteiger partial charge is 0.378 e. The third kappa shape index (κ3) is 13.3. The van der Waals surface area contributed by atoms with E-state index in [-0.39, 0.29) is 24.7 Å². The lowest BCUT2D eigenvalue weighted by atomic mass is 10.2. The Morgan fingerprint density at radius 1 is 0.900 bits per heavy atom. The Labute approximate surface area is 122 Å². The molecule has 0 aliphatic rings. The van der Waals surface area contributed by atoms with E-state index < -0.39 is 0 Å². The van der Waals surface area contributed by atoms with Crippen LogP contribution in [0.15, 0.2) is 0 Å². The number of rotatable bonds is 13. The zero-order valence-corrected chi connectivity index (χ0v) is 12.8. The molecule has 0 radical (unpaired) electrons. The van der Waals surface area contributed by atoms with Crippen LogP contribution < -0.4 is 16.0 Å². The Kier molecular flexibility index (Phi) is 13.5. The second kappa shape index (κ2) is 14.3. The average Bonchev–Trinajstić information content (AvgIpc) is 2.45. The number of carbonyl (C=O) groups excluding carboxylic acids is 2. The molecule has 6 heteroatoms. The van der Waals surface area contributed by atoms with Crippen molar-refractivity contribution in [2.75, 3.05) is 39.9 Å². The molecule has 0 spiro atoms. The van der Waals surface area contributed by atoms with Crippen molar-refractivity contribution in [2.24, 2.45) is 0 Å². The van der Waals surface area contributed by atoms with E-state index in [1.807, 2.05) is 7.05 Å². The van der Waals surface area contributed by atoms with Crippen LogP contribution in [0.4, 0.5) is 0 Å². The number of amides is 2. The molecule has 0 fully saturated rings. The molecule has 20 heavy (non-hydrogen) atoms. The predicted octanol–water partition coefficient (Wildman–Crippen LogP) is 0.425. The molecule has 0 bridgehead atoms. The van der Waals surface area contributed by atoms with Gasteiger partial charge in [0.2, 0.25) is 11.8 Å². The summed E-state index contributed by atoms with van der Waals surface area (Å²) in [5.74, 6) is -0.160. The number of nitrogens with one attached hydrogen (secondary N) is 3. The molecule has 3 N–H and O–H groups in total. The number of unbranched alkanes of at least 4 members (excludes halogenated alkanes) is 2. The van der Waals surface area contributed by atoms with Crippen molar-refractivity contribution < 1.29 is 14.3 Å². The lowest BCUT2D eigenvalue weighted by Crippen LogP contribution is -2.30. The number of ether oxygens (including phenoxy) is 1. The SMILES string of the molecule is CCCCCNC(=O)CCC(=O)NCCOCCNC. The van der Waals surface area contributed by atoms with E-state index in [9.17, 15) is 9.59 Å².